The van der Waals surface area contributed by atoms with Crippen LogP contribution in [0, 0.1) is 0 Å². The number of hydrogen-bond donors (Lipinski definition) is 2. The molecule has 1 rings (SSSR count). The van der Waals surface area contributed by atoms with Gasteiger partial charge in [-0.05, 0) is 24.3 Å². The van der Waals surface area contributed by atoms with Crippen LogP contribution >= 0.6 is 0 Å². The quantitative estimate of drug-likeness (QED) is 0.377. The minimum atomic E-state index is -1.81. The highest BCUT2D eigenvalue weighted by Crippen LogP contribution is 2.18. The fraction of sp³-hybridized carbons (Fsp3) is 0.400. The van der Waals surface area contributed by atoms with Gasteiger partial charge in [-0.1, -0.05) is 0 Å². The zero-order valence-corrected chi connectivity index (χ0v) is 17.8. The fourth-order valence-corrected chi connectivity index (χ4v) is 2.49. The van der Waals surface area contributed by atoms with Gasteiger partial charge in [0.2, 0.25) is 6.10 Å². The lowest BCUT2D eigenvalue weighted by Crippen LogP contribution is -2.52. The van der Waals surface area contributed by atoms with E-state index in [-0.39, 0.29) is 11.3 Å². The molecule has 3 unspecified atom stereocenters. The number of ether oxygens (including phenoxy) is 4. The lowest BCUT2D eigenvalue weighted by Gasteiger charge is -2.30. The second-order valence-electron chi connectivity index (χ2n) is 6.43. The number of aromatic carboxylic acids is 1. The maximum absolute atomic E-state index is 12.9. The lowest BCUT2D eigenvalue weighted by molar-refractivity contribution is -0.190. The Morgan fingerprint density at radius 3 is 1.78 bits per heavy atom. The summed E-state index contributed by atoms with van der Waals surface area (Å²) in [7, 11) is 0. The van der Waals surface area contributed by atoms with Gasteiger partial charge in [0.1, 0.15) is 6.61 Å². The minimum absolute atomic E-state index is 0.0337. The first-order chi connectivity index (χ1) is 14.9. The monoisotopic (exact) mass is 453 g/mol. The van der Waals surface area contributed by atoms with Crippen molar-refractivity contribution in [3.8, 4) is 0 Å². The highest BCUT2D eigenvalue weighted by molar-refractivity contribution is 5.96. The summed E-state index contributed by atoms with van der Waals surface area (Å²) in [5.41, 5.74) is 0.108. The molecule has 0 fully saturated rings. The Kier molecular flexibility index (Phi) is 9.80. The van der Waals surface area contributed by atoms with Gasteiger partial charge in [0, 0.05) is 33.4 Å². The Morgan fingerprint density at radius 2 is 1.34 bits per heavy atom. The van der Waals surface area contributed by atoms with E-state index in [0.717, 1.165) is 27.7 Å². The molecule has 12 heteroatoms. The third kappa shape index (κ3) is 8.81. The van der Waals surface area contributed by atoms with E-state index in [1.165, 1.54) is 24.3 Å². The maximum atomic E-state index is 12.9. The summed E-state index contributed by atoms with van der Waals surface area (Å²) in [6.45, 7) is 3.54. The van der Waals surface area contributed by atoms with Crippen LogP contribution in [0.15, 0.2) is 24.3 Å². The van der Waals surface area contributed by atoms with Crippen molar-refractivity contribution in [2.45, 2.75) is 46.0 Å². The molecule has 3 atom stereocenters. The van der Waals surface area contributed by atoms with Crippen molar-refractivity contribution in [2.24, 2.45) is 0 Å². The Balaban J connectivity index is 3.27. The van der Waals surface area contributed by atoms with Crippen molar-refractivity contribution in [2.75, 3.05) is 11.9 Å². The third-order valence-corrected chi connectivity index (χ3v) is 3.69. The molecule has 12 nitrogen and oxygen atoms in total. The highest BCUT2D eigenvalue weighted by atomic mass is 16.6. The zero-order chi connectivity index (χ0) is 24.4. The van der Waals surface area contributed by atoms with Crippen LogP contribution in [0.2, 0.25) is 0 Å². The number of rotatable bonds is 10. The van der Waals surface area contributed by atoms with E-state index < -0.39 is 60.7 Å². The van der Waals surface area contributed by atoms with Crippen LogP contribution in [0.1, 0.15) is 38.1 Å². The number of nitrogens with one attached hydrogen (secondary N) is 1. The molecule has 1 aromatic rings. The average molecular weight is 453 g/mol. The summed E-state index contributed by atoms with van der Waals surface area (Å²) >= 11 is 0. The van der Waals surface area contributed by atoms with E-state index in [2.05, 4.69) is 5.32 Å². The number of carbonyl (C=O) groups is 6. The van der Waals surface area contributed by atoms with Crippen molar-refractivity contribution in [3.63, 3.8) is 0 Å². The smallest absolute Gasteiger partial charge is 0.335 e. The summed E-state index contributed by atoms with van der Waals surface area (Å²) < 4.78 is 20.0. The number of carbonyl (C=O) groups excluding carboxylic acids is 5. The van der Waals surface area contributed by atoms with E-state index >= 15 is 0 Å². The second-order valence-corrected chi connectivity index (χ2v) is 6.43. The van der Waals surface area contributed by atoms with E-state index in [9.17, 15) is 28.8 Å². The van der Waals surface area contributed by atoms with Gasteiger partial charge in [0.05, 0.1) is 5.56 Å². The second kappa shape index (κ2) is 12.0. The molecule has 0 heterocycles. The number of carboxylic acid groups (broad SMARTS) is 1. The van der Waals surface area contributed by atoms with Crippen LogP contribution in [0.25, 0.3) is 0 Å². The summed E-state index contributed by atoms with van der Waals surface area (Å²) in [5, 5.41) is 11.3. The van der Waals surface area contributed by atoms with E-state index in [1.807, 2.05) is 0 Å². The Hall–Kier alpha value is -3.96. The summed E-state index contributed by atoms with van der Waals surface area (Å²) in [6, 6.07) is 5.03. The normalized spacial score (nSPS) is 13.0. The molecule has 174 valence electrons. The van der Waals surface area contributed by atoms with Gasteiger partial charge < -0.3 is 29.4 Å². The molecule has 0 bridgehead atoms. The lowest BCUT2D eigenvalue weighted by atomic mass is 10.1. The predicted molar refractivity (Wildman–Crippen MR) is 105 cm³/mol. The van der Waals surface area contributed by atoms with E-state index in [0.29, 0.717) is 0 Å². The number of carboxylic acids is 1. The van der Waals surface area contributed by atoms with Gasteiger partial charge in [-0.3, -0.25) is 24.0 Å². The van der Waals surface area contributed by atoms with Gasteiger partial charge in [-0.15, -0.1) is 0 Å². The third-order valence-electron chi connectivity index (χ3n) is 3.69. The molecular weight excluding hydrogens is 430 g/mol. The van der Waals surface area contributed by atoms with Gasteiger partial charge in [0.15, 0.2) is 12.2 Å². The molecule has 32 heavy (non-hydrogen) atoms. The van der Waals surface area contributed by atoms with Gasteiger partial charge in [0.25, 0.3) is 5.91 Å². The minimum Gasteiger partial charge on any atom is -0.478 e. The molecule has 2 N–H and O–H groups in total. The summed E-state index contributed by atoms with van der Waals surface area (Å²) in [5.74, 6) is -5.55. The van der Waals surface area contributed by atoms with Gasteiger partial charge in [-0.25, -0.2) is 4.79 Å². The van der Waals surface area contributed by atoms with Crippen LogP contribution in [0.4, 0.5) is 5.69 Å². The zero-order valence-electron chi connectivity index (χ0n) is 17.8. The Bertz CT molecular complexity index is 878. The first-order valence-electron chi connectivity index (χ1n) is 9.20. The number of benzene rings is 1. The fourth-order valence-electron chi connectivity index (χ4n) is 2.49. The summed E-state index contributed by atoms with van der Waals surface area (Å²) in [6.07, 6.45) is -4.96. The van der Waals surface area contributed by atoms with Gasteiger partial charge in [-0.2, -0.15) is 0 Å². The SMILES string of the molecule is CC(=O)OCC(OC(C)=O)C(OC(C)=O)C(OC(C)=O)C(=O)Nc1ccc(C(=O)O)cc1. The standard InChI is InChI=1S/C20H23NO11/c1-10(22)29-9-16(30-11(2)23)17(31-12(3)24)18(32-13(4)25)19(26)21-15-7-5-14(6-8-15)20(27)28/h5-8,16-18H,9H2,1-4H3,(H,21,26)(H,27,28). The maximum Gasteiger partial charge on any atom is 0.335 e. The Morgan fingerprint density at radius 1 is 0.812 bits per heavy atom. The molecule has 1 amide bonds. The van der Waals surface area contributed by atoms with Crippen molar-refractivity contribution in [1.29, 1.82) is 0 Å². The molecule has 1 aromatic carbocycles. The topological polar surface area (TPSA) is 172 Å². The Labute approximate surface area is 182 Å². The predicted octanol–water partition coefficient (Wildman–Crippen LogP) is 0.682. The van der Waals surface area contributed by atoms with Crippen LogP contribution in [-0.4, -0.2) is 65.8 Å². The molecule has 0 aromatic heterocycles. The van der Waals surface area contributed by atoms with Crippen LogP contribution in [0.3, 0.4) is 0 Å². The van der Waals surface area contributed by atoms with Gasteiger partial charge >= 0.3 is 29.8 Å². The number of esters is 4. The molecule has 0 radical (unpaired) electrons. The van der Waals surface area contributed by atoms with Crippen molar-refractivity contribution >= 4 is 41.4 Å². The van der Waals surface area contributed by atoms with E-state index in [4.69, 9.17) is 24.1 Å². The summed E-state index contributed by atoms with van der Waals surface area (Å²) in [4.78, 5) is 69.8. The molecule has 0 spiro atoms. The average Bonchev–Trinajstić information content (AvgIpc) is 2.67. The largest absolute Gasteiger partial charge is 0.478 e. The number of anilines is 1. The molecule has 0 aliphatic rings. The molecule has 0 saturated carbocycles. The number of amides is 1. The van der Waals surface area contributed by atoms with Crippen molar-refractivity contribution < 1.29 is 52.8 Å². The van der Waals surface area contributed by atoms with E-state index in [1.54, 1.807) is 0 Å². The highest BCUT2D eigenvalue weighted by Gasteiger charge is 2.42. The van der Waals surface area contributed by atoms with Crippen LogP contribution in [0.5, 0.6) is 0 Å². The molecular formula is C20H23NO11. The first kappa shape index (κ1) is 26.1. The van der Waals surface area contributed by atoms with Crippen LogP contribution in [-0.2, 0) is 42.9 Å². The number of hydrogen-bond acceptors (Lipinski definition) is 10. The van der Waals surface area contributed by atoms with Crippen molar-refractivity contribution in [1.82, 2.24) is 0 Å². The van der Waals surface area contributed by atoms with Crippen LogP contribution < -0.4 is 5.32 Å². The van der Waals surface area contributed by atoms with Crippen molar-refractivity contribution in [3.05, 3.63) is 29.8 Å². The first-order valence-corrected chi connectivity index (χ1v) is 9.20. The molecule has 0 saturated heterocycles. The molecule has 0 aliphatic heterocycles. The molecule has 0 aliphatic carbocycles.